The molecule has 3 N–H and O–H groups in total. The van der Waals surface area contributed by atoms with Gasteiger partial charge in [-0.25, -0.2) is 4.79 Å². The summed E-state index contributed by atoms with van der Waals surface area (Å²) in [6, 6.07) is 9.48. The summed E-state index contributed by atoms with van der Waals surface area (Å²) < 4.78 is 0. The number of nitrogens with zero attached hydrogens (tertiary/aromatic N) is 1. The van der Waals surface area contributed by atoms with Crippen LogP contribution >= 0.6 is 0 Å². The molecule has 0 saturated carbocycles. The van der Waals surface area contributed by atoms with Crippen molar-refractivity contribution in [1.82, 2.24) is 0 Å². The number of nitroso groups, excluding NO2 is 1. The molecule has 1 amide bonds. The zero-order valence-electron chi connectivity index (χ0n) is 11.1. The van der Waals surface area contributed by atoms with Crippen molar-refractivity contribution >= 4 is 23.3 Å². The number of carbonyl (C=O) groups excluding carboxylic acids is 1. The fraction of sp³-hybridized carbons (Fsp3) is 0. The number of amides is 1. The molecule has 2 aromatic rings. The molecule has 0 aromatic heterocycles. The number of carboxylic acids is 1. The van der Waals surface area contributed by atoms with Crippen LogP contribution in [-0.2, 0) is 0 Å². The summed E-state index contributed by atoms with van der Waals surface area (Å²) in [5.41, 5.74) is 6.10. The second-order valence-electron chi connectivity index (χ2n) is 4.24. The third kappa shape index (κ3) is 3.37. The Kier molecular flexibility index (Phi) is 4.33. The van der Waals surface area contributed by atoms with E-state index in [9.17, 15) is 19.6 Å². The number of hydrazine groups is 1. The normalized spacial score (nSPS) is 9.82. The maximum Gasteiger partial charge on any atom is 0.335 e. The fourth-order valence-corrected chi connectivity index (χ4v) is 1.65. The lowest BCUT2D eigenvalue weighted by molar-refractivity contribution is -0.267. The molecule has 8 nitrogen and oxygen atoms in total. The maximum atomic E-state index is 11.7. The second-order valence-corrected chi connectivity index (χ2v) is 4.24. The minimum atomic E-state index is -1.18. The zero-order valence-corrected chi connectivity index (χ0v) is 11.1. The number of carboxylic acid groups (broad SMARTS) is 1. The Hall–Kier alpha value is -3.42. The lowest BCUT2D eigenvalue weighted by Gasteiger charge is -2.17. The molecule has 112 valence electrons. The van der Waals surface area contributed by atoms with Crippen LogP contribution in [0.5, 0.6) is 5.75 Å². The van der Waals surface area contributed by atoms with Gasteiger partial charge in [-0.05, 0) is 36.4 Å². The van der Waals surface area contributed by atoms with Gasteiger partial charge in [0.15, 0.2) is 0 Å². The third-order valence-corrected chi connectivity index (χ3v) is 2.78. The van der Waals surface area contributed by atoms with Gasteiger partial charge in [0.05, 0.1) is 11.3 Å². The van der Waals surface area contributed by atoms with Crippen molar-refractivity contribution in [2.75, 3.05) is 10.9 Å². The lowest BCUT2D eigenvalue weighted by atomic mass is 10.2. The molecule has 0 fully saturated rings. The first kappa shape index (κ1) is 15.0. The van der Waals surface area contributed by atoms with Crippen LogP contribution in [0.25, 0.3) is 0 Å². The van der Waals surface area contributed by atoms with Crippen molar-refractivity contribution in [2.45, 2.75) is 0 Å². The van der Waals surface area contributed by atoms with Gasteiger partial charge < -0.3 is 21.1 Å². The van der Waals surface area contributed by atoms with E-state index in [-0.39, 0.29) is 16.8 Å². The lowest BCUT2D eigenvalue weighted by Crippen LogP contribution is -2.11. The molecule has 0 aliphatic rings. The Balaban J connectivity index is 2.05. The highest BCUT2D eigenvalue weighted by atomic mass is 16.4. The summed E-state index contributed by atoms with van der Waals surface area (Å²) in [5, 5.41) is 22.8. The molecule has 0 heterocycles. The van der Waals surface area contributed by atoms with Gasteiger partial charge in [-0.3, -0.25) is 4.79 Å². The maximum absolute atomic E-state index is 11.7. The zero-order chi connectivity index (χ0) is 16.1. The molecule has 0 bridgehead atoms. The second kappa shape index (κ2) is 6.35. The molecule has 0 saturated heterocycles. The van der Waals surface area contributed by atoms with Crippen LogP contribution < -0.4 is 16.0 Å². The van der Waals surface area contributed by atoms with Crippen molar-refractivity contribution in [3.8, 4) is 5.75 Å². The number of carbonyl (C=O) groups is 2. The summed E-state index contributed by atoms with van der Waals surface area (Å²) in [5.74, 6) is -2.53. The van der Waals surface area contributed by atoms with Crippen LogP contribution in [0, 0.1) is 4.91 Å². The van der Waals surface area contributed by atoms with E-state index < -0.39 is 17.6 Å². The molecule has 2 aromatic carbocycles. The molecule has 0 aliphatic heterocycles. The van der Waals surface area contributed by atoms with Crippen LogP contribution in [0.4, 0.5) is 11.4 Å². The first-order chi connectivity index (χ1) is 10.5. The monoisotopic (exact) mass is 300 g/mol. The Morgan fingerprint density at radius 3 is 2.18 bits per heavy atom. The molecule has 0 unspecified atom stereocenters. The van der Waals surface area contributed by atoms with Gasteiger partial charge >= 0.3 is 11.9 Å². The van der Waals surface area contributed by atoms with Gasteiger partial charge in [0.25, 0.3) is 0 Å². The van der Waals surface area contributed by atoms with Crippen LogP contribution in [-0.4, -0.2) is 17.0 Å². The number of hydrogen-bond donors (Lipinski definition) is 3. The largest absolute Gasteiger partial charge is 0.871 e. The molecule has 2 rings (SSSR count). The summed E-state index contributed by atoms with van der Waals surface area (Å²) >= 11 is 0. The number of hydrogen-bond acceptors (Lipinski definition) is 6. The van der Waals surface area contributed by atoms with E-state index in [4.69, 9.17) is 5.11 Å². The molecule has 0 atom stereocenters. The number of rotatable bonds is 5. The van der Waals surface area contributed by atoms with Gasteiger partial charge in [0.2, 0.25) is 0 Å². The summed E-state index contributed by atoms with van der Waals surface area (Å²) in [6.07, 6.45) is 0. The molecule has 8 heteroatoms. The van der Waals surface area contributed by atoms with E-state index in [1.54, 1.807) is 0 Å². The van der Waals surface area contributed by atoms with Crippen LogP contribution in [0.15, 0.2) is 47.6 Å². The predicted octanol–water partition coefficient (Wildman–Crippen LogP) is 1.80. The fourth-order valence-electron chi connectivity index (χ4n) is 1.65. The molecule has 22 heavy (non-hydrogen) atoms. The topological polar surface area (TPSA) is 131 Å². The average molecular weight is 300 g/mol. The van der Waals surface area contributed by atoms with Gasteiger partial charge in [-0.2, -0.15) is 0 Å². The van der Waals surface area contributed by atoms with Crippen LogP contribution in [0.3, 0.4) is 0 Å². The van der Waals surface area contributed by atoms with Gasteiger partial charge in [0, 0.05) is 16.4 Å². The standard InChI is InChI=1S/C14H11N3O5/c18-12-7-9(14(20)21)3-6-11(12)16-15-10-4-1-8(2-5-10)13(19)17-22/h1-7,15-16,18H,(H,20,21)/p-1. The smallest absolute Gasteiger partial charge is 0.335 e. The van der Waals surface area contributed by atoms with Crippen LogP contribution in [0.2, 0.25) is 0 Å². The highest BCUT2D eigenvalue weighted by molar-refractivity contribution is 5.95. The number of nitrogens with one attached hydrogen (secondary N) is 2. The highest BCUT2D eigenvalue weighted by Crippen LogP contribution is 2.22. The molecule has 0 radical (unpaired) electrons. The minimum Gasteiger partial charge on any atom is -0.871 e. The first-order valence-electron chi connectivity index (χ1n) is 6.05. The van der Waals surface area contributed by atoms with Crippen LogP contribution in [0.1, 0.15) is 20.7 Å². The Morgan fingerprint density at radius 1 is 1.00 bits per heavy atom. The Labute approximate surface area is 124 Å². The number of aromatic carboxylic acids is 1. The molecule has 0 spiro atoms. The molecular formula is C14H10N3O5-. The van der Waals surface area contributed by atoms with Crippen molar-refractivity contribution in [1.29, 1.82) is 0 Å². The SMILES string of the molecule is O=NC(=O)c1ccc(NNc2ccc(C(=O)O)cc2[O-])cc1. The molecule has 0 aliphatic carbocycles. The summed E-state index contributed by atoms with van der Waals surface area (Å²) in [6.45, 7) is 0. The van der Waals surface area contributed by atoms with E-state index >= 15 is 0 Å². The third-order valence-electron chi connectivity index (χ3n) is 2.78. The van der Waals surface area contributed by atoms with Crippen molar-refractivity contribution in [3.63, 3.8) is 0 Å². The van der Waals surface area contributed by atoms with E-state index in [2.05, 4.69) is 16.0 Å². The first-order valence-corrected chi connectivity index (χ1v) is 6.05. The van der Waals surface area contributed by atoms with E-state index in [1.165, 1.54) is 36.4 Å². The minimum absolute atomic E-state index is 0.0974. The van der Waals surface area contributed by atoms with Gasteiger partial charge in [0.1, 0.15) is 0 Å². The quantitative estimate of drug-likeness (QED) is 0.566. The average Bonchev–Trinajstić information content (AvgIpc) is 2.53. The van der Waals surface area contributed by atoms with Gasteiger partial charge in [-0.15, -0.1) is 4.91 Å². The van der Waals surface area contributed by atoms with Crippen molar-refractivity contribution in [3.05, 3.63) is 58.5 Å². The summed E-state index contributed by atoms with van der Waals surface area (Å²) in [7, 11) is 0. The Bertz CT molecular complexity index is 728. The van der Waals surface area contributed by atoms with E-state index in [0.29, 0.717) is 5.69 Å². The Morgan fingerprint density at radius 2 is 1.64 bits per heavy atom. The number of benzene rings is 2. The summed E-state index contributed by atoms with van der Waals surface area (Å²) in [4.78, 5) is 31.9. The van der Waals surface area contributed by atoms with E-state index in [1.807, 2.05) is 0 Å². The van der Waals surface area contributed by atoms with Crippen molar-refractivity contribution in [2.24, 2.45) is 5.18 Å². The van der Waals surface area contributed by atoms with Crippen molar-refractivity contribution < 1.29 is 19.8 Å². The molecular weight excluding hydrogens is 290 g/mol. The van der Waals surface area contributed by atoms with E-state index in [0.717, 1.165) is 6.07 Å². The highest BCUT2D eigenvalue weighted by Gasteiger charge is 2.05. The predicted molar refractivity (Wildman–Crippen MR) is 76.7 cm³/mol. The number of anilines is 2. The van der Waals surface area contributed by atoms with Gasteiger partial charge in [-0.1, -0.05) is 11.8 Å².